The molecule has 0 saturated carbocycles. The van der Waals surface area contributed by atoms with Crippen LogP contribution >= 0.6 is 0 Å². The Labute approximate surface area is 65.3 Å². The molecule has 0 rings (SSSR count). The van der Waals surface area contributed by atoms with E-state index in [1.165, 1.54) is 0 Å². The maximum atomic E-state index is 5.08. The molecular formula is C5H14N6. The van der Waals surface area contributed by atoms with Gasteiger partial charge in [-0.3, -0.25) is 9.98 Å². The van der Waals surface area contributed by atoms with Crippen LogP contribution in [0.5, 0.6) is 0 Å². The molecule has 0 spiro atoms. The second kappa shape index (κ2) is 5.33. The van der Waals surface area contributed by atoms with E-state index in [0.29, 0.717) is 13.1 Å². The first kappa shape index (κ1) is 9.54. The normalized spacial score (nSPS) is 8.73. The lowest BCUT2D eigenvalue weighted by atomic mass is 10.4. The average molecular weight is 158 g/mol. The largest absolute Gasteiger partial charge is 0.370 e. The molecule has 0 aromatic heterocycles. The van der Waals surface area contributed by atoms with Gasteiger partial charge in [0.2, 0.25) is 0 Å². The lowest BCUT2D eigenvalue weighted by Gasteiger charge is -1.93. The predicted octanol–water partition coefficient (Wildman–Crippen LogP) is -2.08. The van der Waals surface area contributed by atoms with Gasteiger partial charge in [-0.25, -0.2) is 0 Å². The van der Waals surface area contributed by atoms with E-state index in [0.717, 1.165) is 6.42 Å². The molecule has 0 unspecified atom stereocenters. The molecule has 0 atom stereocenters. The highest BCUT2D eigenvalue weighted by Crippen LogP contribution is 1.81. The van der Waals surface area contributed by atoms with Crippen LogP contribution in [0.4, 0.5) is 0 Å². The van der Waals surface area contributed by atoms with Crippen molar-refractivity contribution >= 4 is 11.9 Å². The van der Waals surface area contributed by atoms with Crippen molar-refractivity contribution in [3.8, 4) is 0 Å². The van der Waals surface area contributed by atoms with Gasteiger partial charge in [-0.15, -0.1) is 0 Å². The molecule has 0 aliphatic carbocycles. The Morgan fingerprint density at radius 2 is 1.18 bits per heavy atom. The summed E-state index contributed by atoms with van der Waals surface area (Å²) >= 11 is 0. The topological polar surface area (TPSA) is 129 Å². The fourth-order valence-corrected chi connectivity index (χ4v) is 0.487. The fraction of sp³-hybridized carbons (Fsp3) is 0.600. The Bertz CT molecular complexity index is 134. The summed E-state index contributed by atoms with van der Waals surface area (Å²) in [7, 11) is 0. The third kappa shape index (κ3) is 8.54. The Balaban J connectivity index is 3.29. The maximum Gasteiger partial charge on any atom is 0.185 e. The van der Waals surface area contributed by atoms with Crippen molar-refractivity contribution < 1.29 is 0 Å². The first-order valence-corrected chi connectivity index (χ1v) is 3.23. The highest BCUT2D eigenvalue weighted by Gasteiger charge is 1.84. The predicted molar refractivity (Wildman–Crippen MR) is 46.0 cm³/mol. The van der Waals surface area contributed by atoms with Gasteiger partial charge in [0.05, 0.1) is 0 Å². The molecule has 0 aliphatic rings. The van der Waals surface area contributed by atoms with E-state index < -0.39 is 0 Å². The summed E-state index contributed by atoms with van der Waals surface area (Å²) in [4.78, 5) is 7.49. The highest BCUT2D eigenvalue weighted by atomic mass is 15.0. The van der Waals surface area contributed by atoms with Gasteiger partial charge in [-0.05, 0) is 6.42 Å². The molecule has 0 amide bonds. The fourth-order valence-electron chi connectivity index (χ4n) is 0.487. The van der Waals surface area contributed by atoms with E-state index in [1.54, 1.807) is 0 Å². The molecule has 6 nitrogen and oxygen atoms in total. The van der Waals surface area contributed by atoms with Gasteiger partial charge >= 0.3 is 0 Å². The minimum atomic E-state index is 0.0923. The summed E-state index contributed by atoms with van der Waals surface area (Å²) in [5.74, 6) is 0.185. The Kier molecular flexibility index (Phi) is 4.63. The van der Waals surface area contributed by atoms with Crippen LogP contribution in [0, 0.1) is 0 Å². The monoisotopic (exact) mass is 158 g/mol. The van der Waals surface area contributed by atoms with E-state index in [2.05, 4.69) is 9.98 Å². The molecule has 8 N–H and O–H groups in total. The number of guanidine groups is 2. The van der Waals surface area contributed by atoms with Crippen molar-refractivity contribution in [2.24, 2.45) is 32.9 Å². The van der Waals surface area contributed by atoms with Crippen molar-refractivity contribution in [1.29, 1.82) is 0 Å². The molecule has 0 aromatic carbocycles. The first-order valence-electron chi connectivity index (χ1n) is 3.23. The van der Waals surface area contributed by atoms with Crippen molar-refractivity contribution in [3.63, 3.8) is 0 Å². The van der Waals surface area contributed by atoms with Gasteiger partial charge in [0.15, 0.2) is 11.9 Å². The van der Waals surface area contributed by atoms with Gasteiger partial charge in [0.1, 0.15) is 0 Å². The lowest BCUT2D eigenvalue weighted by Crippen LogP contribution is -2.24. The number of aliphatic imine (C=N–C) groups is 2. The van der Waals surface area contributed by atoms with E-state index in [-0.39, 0.29) is 11.9 Å². The molecule has 6 heteroatoms. The molecule has 0 aliphatic heterocycles. The molecule has 0 bridgehead atoms. The third-order valence-electron chi connectivity index (χ3n) is 0.905. The van der Waals surface area contributed by atoms with E-state index in [9.17, 15) is 0 Å². The van der Waals surface area contributed by atoms with E-state index >= 15 is 0 Å². The van der Waals surface area contributed by atoms with Gasteiger partial charge in [-0.2, -0.15) is 0 Å². The van der Waals surface area contributed by atoms with Crippen molar-refractivity contribution in [2.75, 3.05) is 13.1 Å². The average Bonchev–Trinajstić information content (AvgIpc) is 1.85. The summed E-state index contributed by atoms with van der Waals surface area (Å²) in [5, 5.41) is 0. The van der Waals surface area contributed by atoms with Gasteiger partial charge in [0, 0.05) is 13.1 Å². The molecule has 0 radical (unpaired) electrons. The van der Waals surface area contributed by atoms with Crippen molar-refractivity contribution in [2.45, 2.75) is 6.42 Å². The zero-order valence-electron chi connectivity index (χ0n) is 6.33. The second-order valence-corrected chi connectivity index (χ2v) is 1.97. The zero-order chi connectivity index (χ0) is 8.69. The Morgan fingerprint density at radius 3 is 1.45 bits per heavy atom. The SMILES string of the molecule is NC(N)=NCCCN=C(N)N. The molecule has 11 heavy (non-hydrogen) atoms. The molecule has 0 heterocycles. The third-order valence-corrected chi connectivity index (χ3v) is 0.905. The van der Waals surface area contributed by atoms with Crippen LogP contribution < -0.4 is 22.9 Å². The van der Waals surface area contributed by atoms with Crippen LogP contribution in [0.15, 0.2) is 9.98 Å². The number of nitrogens with zero attached hydrogens (tertiary/aromatic N) is 2. The molecule has 0 aromatic rings. The van der Waals surface area contributed by atoms with Crippen LogP contribution in [-0.2, 0) is 0 Å². The van der Waals surface area contributed by atoms with E-state index in [1.807, 2.05) is 0 Å². The van der Waals surface area contributed by atoms with Gasteiger partial charge < -0.3 is 22.9 Å². The van der Waals surface area contributed by atoms with Crippen LogP contribution in [0.2, 0.25) is 0 Å². The van der Waals surface area contributed by atoms with Gasteiger partial charge in [0.25, 0.3) is 0 Å². The van der Waals surface area contributed by atoms with Crippen LogP contribution in [0.25, 0.3) is 0 Å². The number of hydrogen-bond donors (Lipinski definition) is 4. The minimum Gasteiger partial charge on any atom is -0.370 e. The smallest absolute Gasteiger partial charge is 0.185 e. The van der Waals surface area contributed by atoms with Gasteiger partial charge in [-0.1, -0.05) is 0 Å². The molecule has 0 fully saturated rings. The quantitative estimate of drug-likeness (QED) is 0.212. The van der Waals surface area contributed by atoms with Crippen LogP contribution in [0.3, 0.4) is 0 Å². The summed E-state index contributed by atoms with van der Waals surface area (Å²) in [6, 6.07) is 0. The second-order valence-electron chi connectivity index (χ2n) is 1.97. The summed E-state index contributed by atoms with van der Waals surface area (Å²) in [6.07, 6.45) is 0.746. The molecular weight excluding hydrogens is 144 g/mol. The maximum absolute atomic E-state index is 5.08. The Hall–Kier alpha value is -1.46. The van der Waals surface area contributed by atoms with Crippen molar-refractivity contribution in [1.82, 2.24) is 0 Å². The molecule has 64 valence electrons. The van der Waals surface area contributed by atoms with Crippen LogP contribution in [-0.4, -0.2) is 25.0 Å². The summed E-state index contributed by atoms with van der Waals surface area (Å²) < 4.78 is 0. The standard InChI is InChI=1S/C5H14N6/c6-4(7)10-2-1-3-11-5(8)9/h1-3H2,(H4,6,7,10)(H4,8,9,11). The Morgan fingerprint density at radius 1 is 0.818 bits per heavy atom. The number of nitrogens with two attached hydrogens (primary N) is 4. The van der Waals surface area contributed by atoms with Crippen LogP contribution in [0.1, 0.15) is 6.42 Å². The van der Waals surface area contributed by atoms with Crippen molar-refractivity contribution in [3.05, 3.63) is 0 Å². The number of rotatable bonds is 4. The minimum absolute atomic E-state index is 0.0923. The zero-order valence-corrected chi connectivity index (χ0v) is 6.33. The first-order chi connectivity index (χ1) is 5.13. The molecule has 0 saturated heterocycles. The van der Waals surface area contributed by atoms with E-state index in [4.69, 9.17) is 22.9 Å². The summed E-state index contributed by atoms with van der Waals surface area (Å²) in [6.45, 7) is 1.11. The lowest BCUT2D eigenvalue weighted by molar-refractivity contribution is 0.841. The summed E-state index contributed by atoms with van der Waals surface area (Å²) in [5.41, 5.74) is 20.3. The highest BCUT2D eigenvalue weighted by molar-refractivity contribution is 5.76. The number of hydrogen-bond acceptors (Lipinski definition) is 2.